The van der Waals surface area contributed by atoms with Crippen molar-refractivity contribution in [2.24, 2.45) is 17.8 Å². The standard InChI is InChI=1S/C12H20N2O/c1-8-7-13-4-5-14(8)12(15)11-6-10(11)9-2-3-9/h8-11,13H,2-7H2,1H3/t8-,10?,11?/m0/s1. The van der Waals surface area contributed by atoms with Gasteiger partial charge in [0.15, 0.2) is 0 Å². The van der Waals surface area contributed by atoms with Gasteiger partial charge in [0.1, 0.15) is 0 Å². The first-order valence-electron chi connectivity index (χ1n) is 6.28. The van der Waals surface area contributed by atoms with E-state index in [1.807, 2.05) is 0 Å². The van der Waals surface area contributed by atoms with E-state index in [4.69, 9.17) is 0 Å². The molecular formula is C12H20N2O. The Morgan fingerprint density at radius 2 is 2.20 bits per heavy atom. The molecule has 0 spiro atoms. The van der Waals surface area contributed by atoms with E-state index >= 15 is 0 Å². The summed E-state index contributed by atoms with van der Waals surface area (Å²) in [5.41, 5.74) is 0. The molecule has 0 radical (unpaired) electrons. The molecular weight excluding hydrogens is 188 g/mol. The van der Waals surface area contributed by atoms with Gasteiger partial charge in [0.25, 0.3) is 0 Å². The zero-order valence-corrected chi connectivity index (χ0v) is 9.41. The highest BCUT2D eigenvalue weighted by molar-refractivity contribution is 5.82. The summed E-state index contributed by atoms with van der Waals surface area (Å²) in [5.74, 6) is 2.52. The lowest BCUT2D eigenvalue weighted by molar-refractivity contribution is -0.135. The van der Waals surface area contributed by atoms with Gasteiger partial charge in [0.2, 0.25) is 5.91 Å². The number of nitrogens with one attached hydrogen (secondary N) is 1. The summed E-state index contributed by atoms with van der Waals surface area (Å²) in [6.45, 7) is 5.00. The van der Waals surface area contributed by atoms with Gasteiger partial charge in [-0.2, -0.15) is 0 Å². The lowest BCUT2D eigenvalue weighted by atomic mass is 10.1. The van der Waals surface area contributed by atoms with Crippen LogP contribution in [0.3, 0.4) is 0 Å². The number of hydrogen-bond acceptors (Lipinski definition) is 2. The van der Waals surface area contributed by atoms with Gasteiger partial charge in [-0.15, -0.1) is 0 Å². The van der Waals surface area contributed by atoms with Crippen LogP contribution in [0.1, 0.15) is 26.2 Å². The second kappa shape index (κ2) is 3.48. The quantitative estimate of drug-likeness (QED) is 0.730. The van der Waals surface area contributed by atoms with Crippen LogP contribution >= 0.6 is 0 Å². The SMILES string of the molecule is C[C@H]1CNCCN1C(=O)C1CC1C1CC1. The first-order chi connectivity index (χ1) is 7.27. The molecule has 3 aliphatic rings. The van der Waals surface area contributed by atoms with Gasteiger partial charge in [0, 0.05) is 31.6 Å². The van der Waals surface area contributed by atoms with E-state index in [0.717, 1.165) is 31.5 Å². The van der Waals surface area contributed by atoms with Crippen LogP contribution in [0.25, 0.3) is 0 Å². The molecule has 2 saturated carbocycles. The van der Waals surface area contributed by atoms with Crippen LogP contribution in [0, 0.1) is 17.8 Å². The lowest BCUT2D eigenvalue weighted by Gasteiger charge is -2.34. The van der Waals surface area contributed by atoms with Crippen LogP contribution in [0.2, 0.25) is 0 Å². The third-order valence-corrected chi connectivity index (χ3v) is 4.17. The molecule has 1 heterocycles. The van der Waals surface area contributed by atoms with Gasteiger partial charge < -0.3 is 10.2 Å². The third-order valence-electron chi connectivity index (χ3n) is 4.17. The molecule has 1 saturated heterocycles. The fraction of sp³-hybridized carbons (Fsp3) is 0.917. The zero-order valence-electron chi connectivity index (χ0n) is 9.41. The molecule has 84 valence electrons. The highest BCUT2D eigenvalue weighted by Crippen LogP contribution is 2.55. The Morgan fingerprint density at radius 3 is 2.87 bits per heavy atom. The van der Waals surface area contributed by atoms with Crippen molar-refractivity contribution in [3.05, 3.63) is 0 Å². The Hall–Kier alpha value is -0.570. The first kappa shape index (κ1) is 9.64. The number of carbonyl (C=O) groups is 1. The molecule has 0 bridgehead atoms. The minimum absolute atomic E-state index is 0.395. The van der Waals surface area contributed by atoms with E-state index in [1.165, 1.54) is 19.3 Å². The number of hydrogen-bond donors (Lipinski definition) is 1. The van der Waals surface area contributed by atoms with Gasteiger partial charge >= 0.3 is 0 Å². The summed E-state index contributed by atoms with van der Waals surface area (Å²) in [5, 5.41) is 3.33. The van der Waals surface area contributed by atoms with Gasteiger partial charge in [-0.1, -0.05) is 0 Å². The van der Waals surface area contributed by atoms with Crippen molar-refractivity contribution < 1.29 is 4.79 Å². The minimum Gasteiger partial charge on any atom is -0.337 e. The second-order valence-electron chi connectivity index (χ2n) is 5.43. The molecule has 0 aromatic heterocycles. The van der Waals surface area contributed by atoms with Crippen molar-refractivity contribution in [3.63, 3.8) is 0 Å². The Kier molecular flexibility index (Phi) is 2.23. The number of amides is 1. The molecule has 2 unspecified atom stereocenters. The predicted molar refractivity (Wildman–Crippen MR) is 58.4 cm³/mol. The van der Waals surface area contributed by atoms with E-state index in [-0.39, 0.29) is 0 Å². The fourth-order valence-corrected chi connectivity index (χ4v) is 2.93. The maximum absolute atomic E-state index is 12.2. The second-order valence-corrected chi connectivity index (χ2v) is 5.43. The highest BCUT2D eigenvalue weighted by Gasteiger charge is 2.52. The van der Waals surface area contributed by atoms with Crippen molar-refractivity contribution in [1.82, 2.24) is 10.2 Å². The van der Waals surface area contributed by atoms with Crippen LogP contribution in [0.4, 0.5) is 0 Å². The zero-order chi connectivity index (χ0) is 10.4. The number of nitrogens with zero attached hydrogens (tertiary/aromatic N) is 1. The maximum atomic E-state index is 12.2. The Bertz CT molecular complexity index is 275. The van der Waals surface area contributed by atoms with Crippen LogP contribution in [-0.2, 0) is 4.79 Å². The topological polar surface area (TPSA) is 32.3 Å². The summed E-state index contributed by atoms with van der Waals surface area (Å²) >= 11 is 0. The van der Waals surface area contributed by atoms with E-state index in [9.17, 15) is 4.79 Å². The number of piperazine rings is 1. The van der Waals surface area contributed by atoms with Gasteiger partial charge in [-0.25, -0.2) is 0 Å². The normalized spacial score (nSPS) is 40.3. The maximum Gasteiger partial charge on any atom is 0.226 e. The predicted octanol–water partition coefficient (Wildman–Crippen LogP) is 0.853. The molecule has 1 N–H and O–H groups in total. The average molecular weight is 208 g/mol. The van der Waals surface area contributed by atoms with Crippen molar-refractivity contribution in [2.45, 2.75) is 32.2 Å². The van der Waals surface area contributed by atoms with Crippen LogP contribution in [-0.4, -0.2) is 36.5 Å². The third kappa shape index (κ3) is 1.78. The number of carbonyl (C=O) groups excluding carboxylic acids is 1. The van der Waals surface area contributed by atoms with Crippen molar-refractivity contribution in [3.8, 4) is 0 Å². The molecule has 1 aliphatic heterocycles. The van der Waals surface area contributed by atoms with Crippen molar-refractivity contribution in [2.75, 3.05) is 19.6 Å². The summed E-state index contributed by atoms with van der Waals surface area (Å²) in [6.07, 6.45) is 3.94. The largest absolute Gasteiger partial charge is 0.337 e. The van der Waals surface area contributed by atoms with E-state index < -0.39 is 0 Å². The van der Waals surface area contributed by atoms with E-state index in [0.29, 0.717) is 17.9 Å². The molecule has 15 heavy (non-hydrogen) atoms. The molecule has 1 amide bonds. The van der Waals surface area contributed by atoms with Crippen molar-refractivity contribution >= 4 is 5.91 Å². The minimum atomic E-state index is 0.395. The molecule has 3 fully saturated rings. The lowest BCUT2D eigenvalue weighted by Crippen LogP contribution is -2.52. The summed E-state index contributed by atoms with van der Waals surface area (Å²) in [6, 6.07) is 0.395. The monoisotopic (exact) mass is 208 g/mol. The van der Waals surface area contributed by atoms with Gasteiger partial charge in [-0.3, -0.25) is 4.79 Å². The van der Waals surface area contributed by atoms with Gasteiger partial charge in [0.05, 0.1) is 0 Å². The molecule has 3 nitrogen and oxygen atoms in total. The number of rotatable bonds is 2. The summed E-state index contributed by atoms with van der Waals surface area (Å²) < 4.78 is 0. The average Bonchev–Trinajstić information content (AvgIpc) is 3.08. The smallest absolute Gasteiger partial charge is 0.226 e. The molecule has 3 atom stereocenters. The molecule has 2 aliphatic carbocycles. The Morgan fingerprint density at radius 1 is 1.40 bits per heavy atom. The molecule has 3 rings (SSSR count). The Balaban J connectivity index is 1.59. The van der Waals surface area contributed by atoms with Crippen molar-refractivity contribution in [1.29, 1.82) is 0 Å². The van der Waals surface area contributed by atoms with Gasteiger partial charge in [-0.05, 0) is 38.0 Å². The highest BCUT2D eigenvalue weighted by atomic mass is 16.2. The first-order valence-corrected chi connectivity index (χ1v) is 6.28. The molecule has 0 aromatic carbocycles. The summed E-state index contributed by atoms with van der Waals surface area (Å²) in [7, 11) is 0. The van der Waals surface area contributed by atoms with Crippen LogP contribution < -0.4 is 5.32 Å². The van der Waals surface area contributed by atoms with Crippen LogP contribution in [0.5, 0.6) is 0 Å². The molecule has 3 heteroatoms. The Labute approximate surface area is 91.2 Å². The fourth-order valence-electron chi connectivity index (χ4n) is 2.93. The van der Waals surface area contributed by atoms with Crippen LogP contribution in [0.15, 0.2) is 0 Å². The summed E-state index contributed by atoms with van der Waals surface area (Å²) in [4.78, 5) is 14.3. The van der Waals surface area contributed by atoms with E-state index in [2.05, 4.69) is 17.1 Å². The molecule has 0 aromatic rings. The van der Waals surface area contributed by atoms with E-state index in [1.54, 1.807) is 0 Å².